The van der Waals surface area contributed by atoms with Crippen LogP contribution in [0.25, 0.3) is 11.1 Å². The molecule has 1 N–H and O–H groups in total. The summed E-state index contributed by atoms with van der Waals surface area (Å²) in [6, 6.07) is 15.2. The van der Waals surface area contributed by atoms with Crippen molar-refractivity contribution in [2.45, 2.75) is 66.7 Å². The molecule has 1 heterocycles. The number of aryl methyl sites for hydroxylation is 1. The first kappa shape index (κ1) is 35.4. The summed E-state index contributed by atoms with van der Waals surface area (Å²) in [5.41, 5.74) is -5.56. The smallest absolute Gasteiger partial charge is 0.435 e. The molecule has 1 atom stereocenters. The number of hydrogen-bond donors (Lipinski definition) is 1. The van der Waals surface area contributed by atoms with E-state index in [0.29, 0.717) is 5.56 Å². The van der Waals surface area contributed by atoms with E-state index in [9.17, 15) is 53.8 Å². The van der Waals surface area contributed by atoms with E-state index in [0.717, 1.165) is 23.3 Å². The Balaban J connectivity index is 1.58. The minimum absolute atomic E-state index is 0.103. The quantitative estimate of drug-likeness (QED) is 0.255. The fraction of sp³-hybridized carbons (Fsp3) is 0.412. The van der Waals surface area contributed by atoms with Crippen LogP contribution in [0.4, 0.5) is 30.7 Å². The Kier molecular flexibility index (Phi) is 9.21. The Morgan fingerprint density at radius 1 is 0.812 bits per heavy atom. The molecule has 0 bridgehead atoms. The summed E-state index contributed by atoms with van der Waals surface area (Å²) in [5, 5.41) is 9.32. The number of amides is 1. The molecule has 258 valence electrons. The van der Waals surface area contributed by atoms with E-state index in [1.807, 2.05) is 13.0 Å². The van der Waals surface area contributed by atoms with Crippen LogP contribution < -0.4 is 0 Å². The Morgan fingerprint density at radius 3 is 1.96 bits per heavy atom. The third-order valence-electron chi connectivity index (χ3n) is 9.67. The van der Waals surface area contributed by atoms with E-state index < -0.39 is 68.4 Å². The van der Waals surface area contributed by atoms with Gasteiger partial charge in [-0.25, -0.2) is 12.8 Å². The van der Waals surface area contributed by atoms with Gasteiger partial charge in [0, 0.05) is 24.6 Å². The number of rotatable bonds is 7. The Labute approximate surface area is 272 Å². The number of alkyl halides is 7. The molecule has 1 saturated carbocycles. The third-order valence-corrected chi connectivity index (χ3v) is 12.1. The molecule has 1 saturated heterocycles. The van der Waals surface area contributed by atoms with Crippen molar-refractivity contribution in [3.63, 3.8) is 0 Å². The Morgan fingerprint density at radius 2 is 1.40 bits per heavy atom. The van der Waals surface area contributed by atoms with Crippen LogP contribution in [-0.2, 0) is 29.8 Å². The number of carboxylic acid groups (broad SMARTS) is 1. The second-order valence-corrected chi connectivity index (χ2v) is 14.7. The summed E-state index contributed by atoms with van der Waals surface area (Å²) >= 11 is 0. The van der Waals surface area contributed by atoms with Crippen molar-refractivity contribution in [2.75, 3.05) is 13.1 Å². The topological polar surface area (TPSA) is 91.8 Å². The average molecular weight is 700 g/mol. The van der Waals surface area contributed by atoms with Crippen molar-refractivity contribution in [3.8, 4) is 11.1 Å². The van der Waals surface area contributed by atoms with Crippen LogP contribution in [0, 0.1) is 18.8 Å². The van der Waals surface area contributed by atoms with Gasteiger partial charge in [-0.1, -0.05) is 60.7 Å². The molecule has 0 spiro atoms. The monoisotopic (exact) mass is 699 g/mol. The molecule has 1 unspecified atom stereocenters. The number of likely N-dealkylation sites (tertiary alicyclic amines) is 1. The predicted molar refractivity (Wildman–Crippen MR) is 161 cm³/mol. The van der Waals surface area contributed by atoms with Crippen LogP contribution in [0.3, 0.4) is 0 Å². The molecule has 2 fully saturated rings. The molecule has 6 nitrogen and oxygen atoms in total. The maximum absolute atomic E-state index is 14.9. The van der Waals surface area contributed by atoms with Gasteiger partial charge in [0.1, 0.15) is 4.75 Å². The lowest BCUT2D eigenvalue weighted by molar-refractivity contribution is -0.348. The van der Waals surface area contributed by atoms with Crippen LogP contribution in [0.2, 0.25) is 0 Å². The molecule has 0 radical (unpaired) electrons. The Bertz CT molecular complexity index is 1790. The van der Waals surface area contributed by atoms with Gasteiger partial charge in [-0.15, -0.1) is 0 Å². The van der Waals surface area contributed by atoms with E-state index in [4.69, 9.17) is 0 Å². The average Bonchev–Trinajstić information content (AvgIpc) is 3.51. The van der Waals surface area contributed by atoms with Gasteiger partial charge in [-0.3, -0.25) is 9.59 Å². The molecule has 2 aliphatic rings. The van der Waals surface area contributed by atoms with Gasteiger partial charge < -0.3 is 10.0 Å². The fourth-order valence-corrected chi connectivity index (χ4v) is 8.99. The minimum Gasteiger partial charge on any atom is -0.481 e. The van der Waals surface area contributed by atoms with Gasteiger partial charge in [-0.05, 0) is 73.4 Å². The highest BCUT2D eigenvalue weighted by atomic mass is 32.2. The van der Waals surface area contributed by atoms with Crippen LogP contribution in [0.15, 0.2) is 77.7 Å². The normalized spacial score (nSPS) is 22.5. The van der Waals surface area contributed by atoms with Crippen LogP contribution in [0.1, 0.15) is 48.8 Å². The van der Waals surface area contributed by atoms with E-state index in [1.165, 1.54) is 23.1 Å². The molecule has 1 amide bonds. The van der Waals surface area contributed by atoms with Crippen molar-refractivity contribution in [3.05, 3.63) is 89.5 Å². The minimum atomic E-state index is -6.36. The number of benzene rings is 3. The molecule has 3 aromatic rings. The standard InChI is InChI=1S/C34H32F7NO5S/c1-21-5-2-3-8-28(21)24-6-4-7-27(19-24)48(46,47)31(17-18-42(20-31)29(43)22-9-11-23(12-10-22)30(44)45)25-13-15-26(16-14-25)32(35,33(36,37)38)34(39,40)41/h2-8,13-16,19,22-23H,9-12,17-18,20H2,1H3,(H,44,45). The molecule has 5 rings (SSSR count). The second kappa shape index (κ2) is 12.5. The van der Waals surface area contributed by atoms with Crippen LogP contribution in [-0.4, -0.2) is 55.7 Å². The highest BCUT2D eigenvalue weighted by Gasteiger charge is 2.73. The lowest BCUT2D eigenvalue weighted by atomic mass is 9.81. The van der Waals surface area contributed by atoms with Gasteiger partial charge in [0.25, 0.3) is 0 Å². The maximum Gasteiger partial charge on any atom is 0.435 e. The summed E-state index contributed by atoms with van der Waals surface area (Å²) in [5.74, 6) is -2.59. The van der Waals surface area contributed by atoms with E-state index >= 15 is 0 Å². The maximum atomic E-state index is 14.9. The highest BCUT2D eigenvalue weighted by molar-refractivity contribution is 7.92. The summed E-state index contributed by atoms with van der Waals surface area (Å²) in [7, 11) is -4.53. The van der Waals surface area contributed by atoms with Crippen molar-refractivity contribution < 1.29 is 53.8 Å². The number of carbonyl (C=O) groups is 2. The zero-order valence-corrected chi connectivity index (χ0v) is 26.4. The number of carboxylic acids is 1. The second-order valence-electron chi connectivity index (χ2n) is 12.5. The molecule has 14 heteroatoms. The van der Waals surface area contributed by atoms with Gasteiger partial charge in [0.2, 0.25) is 5.91 Å². The van der Waals surface area contributed by atoms with E-state index in [-0.39, 0.29) is 61.2 Å². The zero-order chi connectivity index (χ0) is 35.3. The van der Waals surface area contributed by atoms with Crippen molar-refractivity contribution in [1.82, 2.24) is 4.90 Å². The molecule has 3 aromatic carbocycles. The lowest BCUT2D eigenvalue weighted by Crippen LogP contribution is -2.50. The van der Waals surface area contributed by atoms with E-state index in [2.05, 4.69) is 0 Å². The first-order valence-electron chi connectivity index (χ1n) is 15.2. The number of nitrogens with zero attached hydrogens (tertiary/aromatic N) is 1. The fourth-order valence-electron chi connectivity index (χ4n) is 6.87. The number of aliphatic carboxylic acids is 1. The highest BCUT2D eigenvalue weighted by Crippen LogP contribution is 2.54. The third kappa shape index (κ3) is 5.96. The molecule has 0 aromatic heterocycles. The molecular weight excluding hydrogens is 667 g/mol. The van der Waals surface area contributed by atoms with Crippen molar-refractivity contribution >= 4 is 21.7 Å². The van der Waals surface area contributed by atoms with Gasteiger partial charge in [0.05, 0.1) is 10.8 Å². The van der Waals surface area contributed by atoms with Crippen molar-refractivity contribution in [2.24, 2.45) is 11.8 Å². The lowest BCUT2D eigenvalue weighted by Gasteiger charge is -2.33. The summed E-state index contributed by atoms with van der Waals surface area (Å²) in [6.45, 7) is 1.26. The van der Waals surface area contributed by atoms with Gasteiger partial charge in [0.15, 0.2) is 9.84 Å². The summed E-state index contributed by atoms with van der Waals surface area (Å²) in [6.07, 6.45) is -12.0. The summed E-state index contributed by atoms with van der Waals surface area (Å²) < 4.78 is 123. The SMILES string of the molecule is Cc1ccccc1-c1cccc(S(=O)(=O)C2(c3ccc(C(F)(C(F)(F)F)C(F)(F)F)cc3)CCN(C(=O)C3CCC(C(=O)O)CC3)C2)c1. The summed E-state index contributed by atoms with van der Waals surface area (Å²) in [4.78, 5) is 26.1. The first-order chi connectivity index (χ1) is 22.3. The predicted octanol–water partition coefficient (Wildman–Crippen LogP) is 7.74. The number of halogens is 7. The molecular formula is C34H32F7NO5S. The number of sulfone groups is 1. The number of hydrogen-bond acceptors (Lipinski definition) is 4. The zero-order valence-electron chi connectivity index (χ0n) is 25.6. The Hall–Kier alpha value is -3.94. The molecule has 48 heavy (non-hydrogen) atoms. The number of carbonyl (C=O) groups excluding carboxylic acids is 1. The van der Waals surface area contributed by atoms with Crippen molar-refractivity contribution in [1.29, 1.82) is 0 Å². The van der Waals surface area contributed by atoms with Gasteiger partial charge in [-0.2, -0.15) is 26.3 Å². The first-order valence-corrected chi connectivity index (χ1v) is 16.7. The molecule has 1 aliphatic carbocycles. The van der Waals surface area contributed by atoms with Gasteiger partial charge >= 0.3 is 24.0 Å². The van der Waals surface area contributed by atoms with Crippen LogP contribution >= 0.6 is 0 Å². The molecule has 1 aliphatic heterocycles. The largest absolute Gasteiger partial charge is 0.481 e. The van der Waals surface area contributed by atoms with Crippen LogP contribution in [0.5, 0.6) is 0 Å². The van der Waals surface area contributed by atoms with E-state index in [1.54, 1.807) is 24.3 Å².